The van der Waals surface area contributed by atoms with Gasteiger partial charge in [0.1, 0.15) is 6.04 Å². The lowest BCUT2D eigenvalue weighted by molar-refractivity contribution is -0.139. The van der Waals surface area contributed by atoms with E-state index < -0.39 is 18.1 Å². The van der Waals surface area contributed by atoms with Crippen molar-refractivity contribution in [2.24, 2.45) is 5.73 Å². The molecule has 1 saturated heterocycles. The Labute approximate surface area is 134 Å². The Morgan fingerprint density at radius 2 is 2.22 bits per heavy atom. The molecular formula is C17H21N3O3. The molecule has 6 nitrogen and oxygen atoms in total. The number of aromatic nitrogens is 1. The number of rotatable bonds is 3. The number of hydrogen-bond donors (Lipinski definition) is 2. The number of carbonyl (C=O) groups is 2. The normalized spacial score (nSPS) is 19.0. The van der Waals surface area contributed by atoms with Crippen LogP contribution >= 0.6 is 0 Å². The third-order valence-electron chi connectivity index (χ3n) is 4.39. The second kappa shape index (κ2) is 6.42. The lowest BCUT2D eigenvalue weighted by Gasteiger charge is -2.20. The minimum atomic E-state index is -0.865. The van der Waals surface area contributed by atoms with Gasteiger partial charge in [0.2, 0.25) is 0 Å². The van der Waals surface area contributed by atoms with Gasteiger partial charge in [0.05, 0.1) is 0 Å². The maximum absolute atomic E-state index is 12.1. The van der Waals surface area contributed by atoms with Crippen LogP contribution in [-0.2, 0) is 16.0 Å². The van der Waals surface area contributed by atoms with E-state index in [4.69, 9.17) is 10.5 Å². The topological polar surface area (TPSA) is 88.4 Å². The largest absolute Gasteiger partial charge is 0.417 e. The van der Waals surface area contributed by atoms with Gasteiger partial charge in [0.25, 0.3) is 0 Å². The predicted octanol–water partition coefficient (Wildman–Crippen LogP) is 2.19. The van der Waals surface area contributed by atoms with Gasteiger partial charge < -0.3 is 20.4 Å². The third-order valence-corrected chi connectivity index (χ3v) is 4.39. The summed E-state index contributed by atoms with van der Waals surface area (Å²) >= 11 is 0. The fraction of sp³-hybridized carbons (Fsp3) is 0.412. The number of nitrogens with two attached hydrogens (primary N) is 1. The Morgan fingerprint density at radius 3 is 2.96 bits per heavy atom. The van der Waals surface area contributed by atoms with Crippen LogP contribution in [0.4, 0.5) is 4.79 Å². The molecule has 0 saturated carbocycles. The highest BCUT2D eigenvalue weighted by Crippen LogP contribution is 2.20. The van der Waals surface area contributed by atoms with E-state index in [0.717, 1.165) is 29.3 Å². The Kier molecular flexibility index (Phi) is 4.34. The average Bonchev–Trinajstić information content (AvgIpc) is 3.14. The number of para-hydroxylation sites is 1. The van der Waals surface area contributed by atoms with Gasteiger partial charge in [-0.1, -0.05) is 18.2 Å². The van der Waals surface area contributed by atoms with Crippen molar-refractivity contribution in [2.45, 2.75) is 38.3 Å². The fourth-order valence-corrected chi connectivity index (χ4v) is 3.05. The number of aromatic amines is 1. The van der Waals surface area contributed by atoms with Gasteiger partial charge in [-0.2, -0.15) is 0 Å². The second-order valence-electron chi connectivity index (χ2n) is 6.04. The maximum atomic E-state index is 12.1. The van der Waals surface area contributed by atoms with Gasteiger partial charge in [-0.05, 0) is 31.4 Å². The molecule has 1 aliphatic rings. The molecule has 2 aromatic rings. The predicted molar refractivity (Wildman–Crippen MR) is 86.9 cm³/mol. The zero-order valence-electron chi connectivity index (χ0n) is 13.1. The first-order valence-electron chi connectivity index (χ1n) is 7.89. The number of nitrogens with zero attached hydrogens (tertiary/aromatic N) is 1. The summed E-state index contributed by atoms with van der Waals surface area (Å²) in [5.74, 6) is -0.681. The highest BCUT2D eigenvalue weighted by molar-refractivity contribution is 5.89. The molecule has 0 unspecified atom stereocenters. The van der Waals surface area contributed by atoms with E-state index in [-0.39, 0.29) is 6.04 Å². The molecule has 1 aromatic heterocycles. The molecule has 2 atom stereocenters. The number of nitrogens with one attached hydrogen (secondary N) is 1. The summed E-state index contributed by atoms with van der Waals surface area (Å²) in [6.07, 6.45) is 3.44. The third kappa shape index (κ3) is 3.22. The highest BCUT2D eigenvalue weighted by atomic mass is 16.6. The van der Waals surface area contributed by atoms with Gasteiger partial charge in [-0.15, -0.1) is 0 Å². The van der Waals surface area contributed by atoms with Crippen molar-refractivity contribution >= 4 is 23.0 Å². The van der Waals surface area contributed by atoms with Crippen molar-refractivity contribution in [2.75, 3.05) is 6.54 Å². The molecule has 1 aliphatic heterocycles. The molecule has 122 valence electrons. The number of ether oxygens (including phenoxy) is 1. The molecule has 6 heteroatoms. The first-order chi connectivity index (χ1) is 11.1. The molecule has 1 amide bonds. The number of hydrogen-bond acceptors (Lipinski definition) is 4. The van der Waals surface area contributed by atoms with Gasteiger partial charge in [-0.25, -0.2) is 9.59 Å². The zero-order chi connectivity index (χ0) is 16.4. The molecule has 0 aliphatic carbocycles. The standard InChI is InChI=1S/C17H21N3O3/c1-11-5-4-8-20(11)17(22)23-16(21)14(18)9-12-10-19-15-7-3-2-6-13(12)15/h2-3,6-7,10-11,14,19H,4-5,8-9,18H2,1H3/t11-,14+/m1/s1. The summed E-state index contributed by atoms with van der Waals surface area (Å²) in [7, 11) is 0. The quantitative estimate of drug-likeness (QED) is 0.671. The SMILES string of the molecule is C[C@@H]1CCCN1C(=O)OC(=O)[C@@H](N)Cc1c[nH]c2ccccc12. The average molecular weight is 315 g/mol. The molecule has 0 spiro atoms. The van der Waals surface area contributed by atoms with Gasteiger partial charge in [-0.3, -0.25) is 0 Å². The Balaban J connectivity index is 1.62. The van der Waals surface area contributed by atoms with Crippen LogP contribution in [0.25, 0.3) is 10.9 Å². The molecule has 1 fully saturated rings. The van der Waals surface area contributed by atoms with Crippen LogP contribution in [0, 0.1) is 0 Å². The number of esters is 1. The van der Waals surface area contributed by atoms with Crippen molar-refractivity contribution in [1.82, 2.24) is 9.88 Å². The monoisotopic (exact) mass is 315 g/mol. The first-order valence-corrected chi connectivity index (χ1v) is 7.89. The molecular weight excluding hydrogens is 294 g/mol. The lowest BCUT2D eigenvalue weighted by atomic mass is 10.1. The Bertz CT molecular complexity index is 725. The molecule has 2 heterocycles. The van der Waals surface area contributed by atoms with E-state index in [9.17, 15) is 9.59 Å². The summed E-state index contributed by atoms with van der Waals surface area (Å²) in [6, 6.07) is 7.04. The van der Waals surface area contributed by atoms with Crippen LogP contribution in [-0.4, -0.2) is 40.6 Å². The molecule has 0 radical (unpaired) electrons. The number of carbonyl (C=O) groups excluding carboxylic acids is 2. The van der Waals surface area contributed by atoms with Crippen LogP contribution in [0.5, 0.6) is 0 Å². The summed E-state index contributed by atoms with van der Waals surface area (Å²) in [6.45, 7) is 2.58. The summed E-state index contributed by atoms with van der Waals surface area (Å²) < 4.78 is 4.94. The summed E-state index contributed by atoms with van der Waals surface area (Å²) in [5, 5.41) is 1.02. The van der Waals surface area contributed by atoms with Gasteiger partial charge in [0, 0.05) is 36.1 Å². The van der Waals surface area contributed by atoms with Crippen LogP contribution in [0.3, 0.4) is 0 Å². The molecule has 3 N–H and O–H groups in total. The van der Waals surface area contributed by atoms with E-state index in [1.54, 1.807) is 4.90 Å². The van der Waals surface area contributed by atoms with Crippen molar-refractivity contribution in [1.29, 1.82) is 0 Å². The number of fused-ring (bicyclic) bond motifs is 1. The second-order valence-corrected chi connectivity index (χ2v) is 6.04. The number of H-pyrrole nitrogens is 1. The maximum Gasteiger partial charge on any atom is 0.417 e. The minimum absolute atomic E-state index is 0.111. The van der Waals surface area contributed by atoms with E-state index in [2.05, 4.69) is 4.98 Å². The van der Waals surface area contributed by atoms with Gasteiger partial charge in [0.15, 0.2) is 0 Å². The Morgan fingerprint density at radius 1 is 1.43 bits per heavy atom. The van der Waals surface area contributed by atoms with Crippen LogP contribution in [0.1, 0.15) is 25.3 Å². The Hall–Kier alpha value is -2.34. The molecule has 23 heavy (non-hydrogen) atoms. The van der Waals surface area contributed by atoms with Crippen LogP contribution in [0.15, 0.2) is 30.5 Å². The first kappa shape index (κ1) is 15.6. The van der Waals surface area contributed by atoms with Crippen LogP contribution < -0.4 is 5.73 Å². The molecule has 1 aromatic carbocycles. The van der Waals surface area contributed by atoms with E-state index in [1.165, 1.54) is 0 Å². The summed E-state index contributed by atoms with van der Waals surface area (Å²) in [5.41, 5.74) is 7.85. The van der Waals surface area contributed by atoms with E-state index in [1.807, 2.05) is 37.4 Å². The van der Waals surface area contributed by atoms with Gasteiger partial charge >= 0.3 is 12.1 Å². The number of benzene rings is 1. The smallest absolute Gasteiger partial charge is 0.375 e. The zero-order valence-corrected chi connectivity index (χ0v) is 13.1. The number of amides is 1. The van der Waals surface area contributed by atoms with Crippen molar-refractivity contribution in [3.63, 3.8) is 0 Å². The lowest BCUT2D eigenvalue weighted by Crippen LogP contribution is -2.41. The van der Waals surface area contributed by atoms with E-state index in [0.29, 0.717) is 13.0 Å². The van der Waals surface area contributed by atoms with E-state index >= 15 is 0 Å². The highest BCUT2D eigenvalue weighted by Gasteiger charge is 2.29. The summed E-state index contributed by atoms with van der Waals surface area (Å²) in [4.78, 5) is 28.8. The molecule has 0 bridgehead atoms. The fourth-order valence-electron chi connectivity index (χ4n) is 3.05. The minimum Gasteiger partial charge on any atom is -0.375 e. The van der Waals surface area contributed by atoms with Crippen molar-refractivity contribution in [3.05, 3.63) is 36.0 Å². The van der Waals surface area contributed by atoms with Crippen molar-refractivity contribution < 1.29 is 14.3 Å². The molecule has 3 rings (SSSR count). The van der Waals surface area contributed by atoms with Crippen molar-refractivity contribution in [3.8, 4) is 0 Å². The van der Waals surface area contributed by atoms with Crippen LogP contribution in [0.2, 0.25) is 0 Å². The number of likely N-dealkylation sites (tertiary alicyclic amines) is 1.